The van der Waals surface area contributed by atoms with Gasteiger partial charge in [-0.15, -0.1) is 11.3 Å². The van der Waals surface area contributed by atoms with E-state index < -0.39 is 0 Å². The van der Waals surface area contributed by atoms with E-state index in [0.717, 1.165) is 6.42 Å². The molecule has 0 fully saturated rings. The number of rotatable bonds is 2. The minimum Gasteiger partial charge on any atom is -0.330 e. The Labute approximate surface area is 87.2 Å². The standard InChI is InChI=1S/C7H9Br2NS/c1-4-5(2-3-10)7(9)11-6(4)8/h2-3,10H2,1H3. The predicted molar refractivity (Wildman–Crippen MR) is 57.2 cm³/mol. The molecule has 0 spiro atoms. The van der Waals surface area contributed by atoms with Crippen molar-refractivity contribution in [2.45, 2.75) is 13.3 Å². The van der Waals surface area contributed by atoms with Gasteiger partial charge in [0.1, 0.15) is 0 Å². The molecule has 1 rings (SSSR count). The molecule has 4 heteroatoms. The second-order valence-electron chi connectivity index (χ2n) is 2.29. The van der Waals surface area contributed by atoms with Crippen LogP contribution in [-0.4, -0.2) is 6.54 Å². The van der Waals surface area contributed by atoms with Crippen LogP contribution in [-0.2, 0) is 6.42 Å². The van der Waals surface area contributed by atoms with Crippen LogP contribution >= 0.6 is 43.2 Å². The molecule has 1 aromatic heterocycles. The molecule has 0 unspecified atom stereocenters. The highest BCUT2D eigenvalue weighted by Gasteiger charge is 2.09. The fraction of sp³-hybridized carbons (Fsp3) is 0.429. The quantitative estimate of drug-likeness (QED) is 0.892. The van der Waals surface area contributed by atoms with E-state index in [9.17, 15) is 0 Å². The fourth-order valence-corrected chi connectivity index (χ4v) is 4.08. The van der Waals surface area contributed by atoms with E-state index >= 15 is 0 Å². The lowest BCUT2D eigenvalue weighted by atomic mass is 10.2. The molecular weight excluding hydrogens is 290 g/mol. The molecular formula is C7H9Br2NS. The molecule has 62 valence electrons. The smallest absolute Gasteiger partial charge is 0.0745 e. The van der Waals surface area contributed by atoms with Gasteiger partial charge in [0.15, 0.2) is 0 Å². The molecule has 0 aliphatic heterocycles. The van der Waals surface area contributed by atoms with Gasteiger partial charge in [0.05, 0.1) is 7.57 Å². The Balaban J connectivity index is 3.02. The van der Waals surface area contributed by atoms with Crippen molar-refractivity contribution in [3.63, 3.8) is 0 Å². The molecule has 0 saturated heterocycles. The van der Waals surface area contributed by atoms with Crippen molar-refractivity contribution in [1.82, 2.24) is 0 Å². The Morgan fingerprint density at radius 2 is 2.00 bits per heavy atom. The average molecular weight is 299 g/mol. The lowest BCUT2D eigenvalue weighted by molar-refractivity contribution is 0.960. The molecule has 0 saturated carbocycles. The monoisotopic (exact) mass is 297 g/mol. The molecule has 11 heavy (non-hydrogen) atoms. The Hall–Kier alpha value is 0.620. The van der Waals surface area contributed by atoms with Crippen LogP contribution in [0.2, 0.25) is 0 Å². The summed E-state index contributed by atoms with van der Waals surface area (Å²) in [6.45, 7) is 2.82. The van der Waals surface area contributed by atoms with Gasteiger partial charge in [0.25, 0.3) is 0 Å². The largest absolute Gasteiger partial charge is 0.330 e. The lowest BCUT2D eigenvalue weighted by Crippen LogP contribution is -2.03. The summed E-state index contributed by atoms with van der Waals surface area (Å²) in [6, 6.07) is 0. The van der Waals surface area contributed by atoms with Crippen LogP contribution < -0.4 is 5.73 Å². The summed E-state index contributed by atoms with van der Waals surface area (Å²) >= 11 is 8.70. The number of nitrogens with two attached hydrogens (primary N) is 1. The number of thiophene rings is 1. The van der Waals surface area contributed by atoms with Crippen molar-refractivity contribution in [1.29, 1.82) is 0 Å². The van der Waals surface area contributed by atoms with E-state index in [1.807, 2.05) is 0 Å². The number of hydrogen-bond donors (Lipinski definition) is 1. The van der Waals surface area contributed by atoms with Crippen LogP contribution in [0.1, 0.15) is 11.1 Å². The van der Waals surface area contributed by atoms with E-state index in [1.165, 1.54) is 18.7 Å². The Morgan fingerprint density at radius 3 is 2.36 bits per heavy atom. The van der Waals surface area contributed by atoms with Gasteiger partial charge in [-0.25, -0.2) is 0 Å². The van der Waals surface area contributed by atoms with Crippen LogP contribution in [0.25, 0.3) is 0 Å². The van der Waals surface area contributed by atoms with Crippen molar-refractivity contribution in [2.75, 3.05) is 6.54 Å². The first kappa shape index (κ1) is 9.71. The van der Waals surface area contributed by atoms with Gasteiger partial charge in [-0.05, 0) is 62.9 Å². The highest BCUT2D eigenvalue weighted by molar-refractivity contribution is 9.12. The zero-order chi connectivity index (χ0) is 8.43. The van der Waals surface area contributed by atoms with E-state index in [4.69, 9.17) is 5.73 Å². The molecule has 0 radical (unpaired) electrons. The minimum atomic E-state index is 0.711. The van der Waals surface area contributed by atoms with E-state index in [1.54, 1.807) is 11.3 Å². The fourth-order valence-electron chi connectivity index (χ4n) is 0.913. The van der Waals surface area contributed by atoms with Crippen molar-refractivity contribution in [3.8, 4) is 0 Å². The van der Waals surface area contributed by atoms with Crippen LogP contribution in [0, 0.1) is 6.92 Å². The molecule has 1 heterocycles. The zero-order valence-corrected chi connectivity index (χ0v) is 10.1. The number of halogens is 2. The summed E-state index contributed by atoms with van der Waals surface area (Å²) < 4.78 is 2.40. The third kappa shape index (κ3) is 2.05. The van der Waals surface area contributed by atoms with Crippen molar-refractivity contribution >= 4 is 43.2 Å². The third-order valence-electron chi connectivity index (χ3n) is 1.56. The summed E-state index contributed by atoms with van der Waals surface area (Å²) in [4.78, 5) is 0. The normalized spacial score (nSPS) is 10.5. The Bertz CT molecular complexity index is 257. The van der Waals surface area contributed by atoms with Gasteiger partial charge >= 0.3 is 0 Å². The summed E-state index contributed by atoms with van der Waals surface area (Å²) in [6.07, 6.45) is 0.953. The molecule has 2 N–H and O–H groups in total. The molecule has 1 aromatic rings. The first-order chi connectivity index (χ1) is 5.16. The maximum absolute atomic E-state index is 5.48. The van der Waals surface area contributed by atoms with Gasteiger partial charge in [0, 0.05) is 0 Å². The van der Waals surface area contributed by atoms with Gasteiger partial charge in [-0.1, -0.05) is 0 Å². The van der Waals surface area contributed by atoms with E-state index in [2.05, 4.69) is 38.8 Å². The highest BCUT2D eigenvalue weighted by atomic mass is 79.9. The van der Waals surface area contributed by atoms with Gasteiger partial charge in [0.2, 0.25) is 0 Å². The Kier molecular flexibility index (Phi) is 3.55. The zero-order valence-electron chi connectivity index (χ0n) is 6.16. The number of hydrogen-bond acceptors (Lipinski definition) is 2. The van der Waals surface area contributed by atoms with E-state index in [0.29, 0.717) is 6.54 Å². The summed E-state index contributed by atoms with van der Waals surface area (Å²) in [5, 5.41) is 0. The molecule has 0 amide bonds. The van der Waals surface area contributed by atoms with Gasteiger partial charge in [-0.3, -0.25) is 0 Å². The van der Waals surface area contributed by atoms with Gasteiger partial charge in [-0.2, -0.15) is 0 Å². The van der Waals surface area contributed by atoms with E-state index in [-0.39, 0.29) is 0 Å². The molecule has 1 nitrogen and oxygen atoms in total. The SMILES string of the molecule is Cc1c(Br)sc(Br)c1CCN. The summed E-state index contributed by atoms with van der Waals surface area (Å²) in [7, 11) is 0. The van der Waals surface area contributed by atoms with Crippen molar-refractivity contribution in [2.24, 2.45) is 5.73 Å². The van der Waals surface area contributed by atoms with Gasteiger partial charge < -0.3 is 5.73 Å². The maximum atomic E-state index is 5.48. The molecule has 0 bridgehead atoms. The summed E-state index contributed by atoms with van der Waals surface area (Å²) in [5.74, 6) is 0. The van der Waals surface area contributed by atoms with Crippen molar-refractivity contribution < 1.29 is 0 Å². The topological polar surface area (TPSA) is 26.0 Å². The second-order valence-corrected chi connectivity index (χ2v) is 5.95. The molecule has 0 aliphatic rings. The highest BCUT2D eigenvalue weighted by Crippen LogP contribution is 2.36. The van der Waals surface area contributed by atoms with Crippen LogP contribution in [0.5, 0.6) is 0 Å². The summed E-state index contributed by atoms with van der Waals surface area (Å²) in [5.41, 5.74) is 8.13. The Morgan fingerprint density at radius 1 is 1.36 bits per heavy atom. The van der Waals surface area contributed by atoms with Crippen molar-refractivity contribution in [3.05, 3.63) is 18.7 Å². The third-order valence-corrected chi connectivity index (χ3v) is 4.51. The van der Waals surface area contributed by atoms with Crippen LogP contribution in [0.15, 0.2) is 7.57 Å². The lowest BCUT2D eigenvalue weighted by Gasteiger charge is -1.96. The molecule has 0 atom stereocenters. The molecule has 0 aliphatic carbocycles. The minimum absolute atomic E-state index is 0.711. The first-order valence-corrected chi connectivity index (χ1v) is 5.70. The average Bonchev–Trinajstić information content (AvgIpc) is 2.17. The molecule has 0 aromatic carbocycles. The first-order valence-electron chi connectivity index (χ1n) is 3.30. The van der Waals surface area contributed by atoms with Crippen LogP contribution in [0.4, 0.5) is 0 Å². The predicted octanol–water partition coefficient (Wildman–Crippen LogP) is 3.08. The second kappa shape index (κ2) is 4.03. The maximum Gasteiger partial charge on any atom is 0.0745 e. The van der Waals surface area contributed by atoms with Crippen LogP contribution in [0.3, 0.4) is 0 Å².